The molecule has 0 bridgehead atoms. The fraction of sp³-hybridized carbons (Fsp3) is 0.529. The van der Waals surface area contributed by atoms with Gasteiger partial charge in [0.15, 0.2) is 0 Å². The lowest BCUT2D eigenvalue weighted by molar-refractivity contribution is -0.116. The summed E-state index contributed by atoms with van der Waals surface area (Å²) in [6, 6.07) is 6.12. The molecule has 1 saturated heterocycles. The van der Waals surface area contributed by atoms with E-state index in [-0.39, 0.29) is 24.2 Å². The zero-order valence-corrected chi connectivity index (χ0v) is 14.5. The summed E-state index contributed by atoms with van der Waals surface area (Å²) in [5.74, 6) is 0.162. The number of hydrogen-bond donors (Lipinski definition) is 1. The number of carbonyl (C=O) groups excluding carboxylic acids is 2. The van der Waals surface area contributed by atoms with E-state index in [1.54, 1.807) is 11.8 Å². The molecule has 1 fully saturated rings. The predicted molar refractivity (Wildman–Crippen MR) is 93.4 cm³/mol. The second kappa shape index (κ2) is 7.32. The molecule has 1 unspecified atom stereocenters. The summed E-state index contributed by atoms with van der Waals surface area (Å²) < 4.78 is 0. The van der Waals surface area contributed by atoms with E-state index in [0.29, 0.717) is 12.6 Å². The number of carbonyl (C=O) groups is 2. The number of likely N-dealkylation sites (N-methyl/N-ethyl adjacent to an activating group) is 1. The number of amides is 2. The quantitative estimate of drug-likeness (QED) is 0.896. The van der Waals surface area contributed by atoms with Crippen LogP contribution in [0.3, 0.4) is 0 Å². The molecule has 5 nitrogen and oxygen atoms in total. The first-order valence-electron chi connectivity index (χ1n) is 7.97. The fourth-order valence-electron chi connectivity index (χ4n) is 3.44. The van der Waals surface area contributed by atoms with Gasteiger partial charge in [-0.25, -0.2) is 0 Å². The Morgan fingerprint density at radius 2 is 2.04 bits per heavy atom. The molecule has 0 aliphatic carbocycles. The lowest BCUT2D eigenvalue weighted by Crippen LogP contribution is -2.46. The molecule has 0 radical (unpaired) electrons. The zero-order valence-electron chi connectivity index (χ0n) is 13.7. The van der Waals surface area contributed by atoms with Gasteiger partial charge in [-0.2, -0.15) is 0 Å². The number of halogens is 1. The minimum atomic E-state index is 0. The van der Waals surface area contributed by atoms with Crippen molar-refractivity contribution in [3.05, 3.63) is 29.3 Å². The van der Waals surface area contributed by atoms with Crippen LogP contribution in [-0.2, 0) is 11.2 Å². The highest BCUT2D eigenvalue weighted by Gasteiger charge is 2.26. The van der Waals surface area contributed by atoms with E-state index in [1.165, 1.54) is 0 Å². The molecule has 0 saturated carbocycles. The van der Waals surface area contributed by atoms with Crippen molar-refractivity contribution in [3.8, 4) is 0 Å². The van der Waals surface area contributed by atoms with Crippen molar-refractivity contribution >= 4 is 29.9 Å². The summed E-state index contributed by atoms with van der Waals surface area (Å²) >= 11 is 0. The summed E-state index contributed by atoms with van der Waals surface area (Å²) in [5.41, 5.74) is 2.79. The molecular formula is C17H24ClN3O2. The Hall–Kier alpha value is -1.59. The van der Waals surface area contributed by atoms with Gasteiger partial charge in [0.2, 0.25) is 5.91 Å². The van der Waals surface area contributed by atoms with Gasteiger partial charge in [-0.3, -0.25) is 9.59 Å². The number of rotatable bonds is 2. The molecule has 2 aliphatic rings. The van der Waals surface area contributed by atoms with E-state index < -0.39 is 0 Å². The first-order chi connectivity index (χ1) is 10.6. The zero-order chi connectivity index (χ0) is 15.7. The largest absolute Gasteiger partial charge is 0.337 e. The average molecular weight is 338 g/mol. The number of anilines is 1. The van der Waals surface area contributed by atoms with E-state index in [2.05, 4.69) is 5.32 Å². The number of benzene rings is 1. The van der Waals surface area contributed by atoms with E-state index in [9.17, 15) is 9.59 Å². The summed E-state index contributed by atoms with van der Waals surface area (Å²) in [6.07, 6.45) is 2.99. The normalized spacial score (nSPS) is 20.0. The molecule has 1 atom stereocenters. The van der Waals surface area contributed by atoms with Crippen LogP contribution in [0.5, 0.6) is 0 Å². The third-order valence-electron chi connectivity index (χ3n) is 4.72. The first-order valence-corrected chi connectivity index (χ1v) is 7.97. The van der Waals surface area contributed by atoms with E-state index in [1.807, 2.05) is 30.1 Å². The van der Waals surface area contributed by atoms with Crippen molar-refractivity contribution in [1.82, 2.24) is 10.2 Å². The number of likely N-dealkylation sites (tertiary alicyclic amines) is 1. The highest BCUT2D eigenvalue weighted by atomic mass is 35.5. The van der Waals surface area contributed by atoms with Crippen molar-refractivity contribution in [2.75, 3.05) is 31.6 Å². The van der Waals surface area contributed by atoms with Crippen LogP contribution < -0.4 is 10.2 Å². The Morgan fingerprint density at radius 3 is 2.74 bits per heavy atom. The van der Waals surface area contributed by atoms with Crippen molar-refractivity contribution < 1.29 is 9.59 Å². The van der Waals surface area contributed by atoms with E-state index >= 15 is 0 Å². The minimum absolute atomic E-state index is 0. The predicted octanol–water partition coefficient (Wildman–Crippen LogP) is 1.84. The number of piperidine rings is 1. The highest BCUT2D eigenvalue weighted by molar-refractivity contribution is 5.98. The third kappa shape index (κ3) is 3.51. The summed E-state index contributed by atoms with van der Waals surface area (Å²) in [4.78, 5) is 28.0. The van der Waals surface area contributed by atoms with Gasteiger partial charge in [0.05, 0.1) is 0 Å². The molecule has 3 rings (SSSR count). The molecule has 6 heteroatoms. The third-order valence-corrected chi connectivity index (χ3v) is 4.72. The van der Waals surface area contributed by atoms with Gasteiger partial charge in [0, 0.05) is 43.9 Å². The van der Waals surface area contributed by atoms with Crippen molar-refractivity contribution in [2.24, 2.45) is 0 Å². The minimum Gasteiger partial charge on any atom is -0.337 e. The van der Waals surface area contributed by atoms with Gasteiger partial charge in [0.1, 0.15) is 0 Å². The van der Waals surface area contributed by atoms with Gasteiger partial charge in [-0.15, -0.1) is 12.4 Å². The number of hydrogen-bond acceptors (Lipinski definition) is 3. The highest BCUT2D eigenvalue weighted by Crippen LogP contribution is 2.29. The first kappa shape index (κ1) is 17.8. The topological polar surface area (TPSA) is 52.7 Å². The molecule has 23 heavy (non-hydrogen) atoms. The Bertz CT molecular complexity index is 606. The second-order valence-electron chi connectivity index (χ2n) is 6.14. The molecule has 1 N–H and O–H groups in total. The van der Waals surface area contributed by atoms with Gasteiger partial charge in [-0.05, 0) is 50.1 Å². The van der Waals surface area contributed by atoms with Crippen LogP contribution in [0, 0.1) is 0 Å². The van der Waals surface area contributed by atoms with Crippen LogP contribution >= 0.6 is 12.4 Å². The molecule has 2 aliphatic heterocycles. The van der Waals surface area contributed by atoms with Crippen molar-refractivity contribution in [1.29, 1.82) is 0 Å². The lowest BCUT2D eigenvalue weighted by atomic mass is 10.0. The van der Waals surface area contributed by atoms with Crippen LogP contribution in [0.2, 0.25) is 0 Å². The van der Waals surface area contributed by atoms with E-state index in [4.69, 9.17) is 0 Å². The van der Waals surface area contributed by atoms with Crippen LogP contribution in [0.4, 0.5) is 5.69 Å². The summed E-state index contributed by atoms with van der Waals surface area (Å²) in [6.45, 7) is 3.90. The number of nitrogens with one attached hydrogen (secondary N) is 1. The molecular weight excluding hydrogens is 314 g/mol. The Morgan fingerprint density at radius 1 is 1.26 bits per heavy atom. The monoisotopic (exact) mass is 337 g/mol. The molecule has 2 amide bonds. The number of fused-ring (bicyclic) bond motifs is 1. The number of nitrogens with zero attached hydrogens (tertiary/aromatic N) is 2. The Kier molecular flexibility index (Phi) is 5.65. The molecule has 0 spiro atoms. The summed E-state index contributed by atoms with van der Waals surface area (Å²) in [5, 5.41) is 3.26. The second-order valence-corrected chi connectivity index (χ2v) is 6.14. The maximum absolute atomic E-state index is 12.7. The maximum atomic E-state index is 12.7. The Balaban J connectivity index is 0.00000192. The molecule has 1 aromatic carbocycles. The molecule has 1 aromatic rings. The smallest absolute Gasteiger partial charge is 0.253 e. The van der Waals surface area contributed by atoms with Gasteiger partial charge in [-0.1, -0.05) is 0 Å². The van der Waals surface area contributed by atoms with Crippen LogP contribution in [0.25, 0.3) is 0 Å². The van der Waals surface area contributed by atoms with Crippen LogP contribution in [-0.4, -0.2) is 49.4 Å². The lowest BCUT2D eigenvalue weighted by Gasteiger charge is -2.32. The van der Waals surface area contributed by atoms with Crippen molar-refractivity contribution in [2.45, 2.75) is 32.2 Å². The molecule has 126 valence electrons. The van der Waals surface area contributed by atoms with E-state index in [0.717, 1.165) is 49.2 Å². The summed E-state index contributed by atoms with van der Waals surface area (Å²) in [7, 11) is 1.95. The fourth-order valence-corrected chi connectivity index (χ4v) is 3.44. The van der Waals surface area contributed by atoms with Crippen molar-refractivity contribution in [3.63, 3.8) is 0 Å². The van der Waals surface area contributed by atoms with Crippen LogP contribution in [0.15, 0.2) is 18.2 Å². The molecule has 2 heterocycles. The average Bonchev–Trinajstić information content (AvgIpc) is 2.97. The molecule has 0 aromatic heterocycles. The SMILES string of the molecule is CNC1CCCN(C(=O)c2ccc3c(c2)CCN3C(C)=O)C1.Cl. The van der Waals surface area contributed by atoms with Gasteiger partial charge in [0.25, 0.3) is 5.91 Å². The van der Waals surface area contributed by atoms with Gasteiger partial charge >= 0.3 is 0 Å². The maximum Gasteiger partial charge on any atom is 0.253 e. The standard InChI is InChI=1S/C17H23N3O2.ClH/c1-12(21)20-9-7-13-10-14(5-6-16(13)20)17(22)19-8-3-4-15(11-19)18-2;/h5-6,10,15,18H,3-4,7-9,11H2,1-2H3;1H. The van der Waals surface area contributed by atoms with Gasteiger partial charge < -0.3 is 15.1 Å². The Labute approximate surface area is 143 Å². The van der Waals surface area contributed by atoms with Crippen LogP contribution in [0.1, 0.15) is 35.7 Å².